The Morgan fingerprint density at radius 1 is 1.06 bits per heavy atom. The van der Waals surface area contributed by atoms with Crippen molar-refractivity contribution in [2.24, 2.45) is 0 Å². The highest BCUT2D eigenvalue weighted by Crippen LogP contribution is 2.30. The van der Waals surface area contributed by atoms with Gasteiger partial charge in [-0.15, -0.1) is 5.10 Å². The van der Waals surface area contributed by atoms with Gasteiger partial charge in [0.25, 0.3) is 5.91 Å². The van der Waals surface area contributed by atoms with E-state index in [2.05, 4.69) is 15.3 Å². The number of aromatic nitrogens is 4. The predicted molar refractivity (Wildman–Crippen MR) is 121 cm³/mol. The first-order valence-corrected chi connectivity index (χ1v) is 10.2. The van der Waals surface area contributed by atoms with E-state index in [0.29, 0.717) is 24.7 Å². The Balaban J connectivity index is 1.66. The van der Waals surface area contributed by atoms with Gasteiger partial charge in [0, 0.05) is 25.7 Å². The lowest BCUT2D eigenvalue weighted by Gasteiger charge is -2.24. The van der Waals surface area contributed by atoms with Gasteiger partial charge in [-0.1, -0.05) is 12.1 Å². The maximum atomic E-state index is 12.9. The van der Waals surface area contributed by atoms with Gasteiger partial charge in [0.15, 0.2) is 5.60 Å². The number of hydrogen-bond acceptors (Lipinski definition) is 6. The van der Waals surface area contributed by atoms with Gasteiger partial charge < -0.3 is 14.8 Å². The fourth-order valence-corrected chi connectivity index (χ4v) is 3.32. The highest BCUT2D eigenvalue weighted by atomic mass is 16.5. The fraction of sp³-hybridized carbons (Fsp3) is 0.250. The Labute approximate surface area is 186 Å². The summed E-state index contributed by atoms with van der Waals surface area (Å²) in [5, 5.41) is 8.34. The van der Waals surface area contributed by atoms with Gasteiger partial charge in [-0.3, -0.25) is 19.4 Å². The topological polar surface area (TPSA) is 91.2 Å². The number of rotatable bonds is 8. The zero-order valence-electron chi connectivity index (χ0n) is 18.3. The number of nitrogens with one attached hydrogen (secondary N) is 1. The number of benzene rings is 1. The summed E-state index contributed by atoms with van der Waals surface area (Å²) in [5.74, 6) is 0.0849. The molecule has 0 aliphatic carbocycles. The molecule has 0 saturated heterocycles. The van der Waals surface area contributed by atoms with Gasteiger partial charge in [0.05, 0.1) is 35.9 Å². The Hall–Kier alpha value is -3.78. The molecular formula is C24H25N5O3. The first kappa shape index (κ1) is 21.5. The third-order valence-electron chi connectivity index (χ3n) is 4.97. The van der Waals surface area contributed by atoms with Crippen LogP contribution < -0.4 is 10.1 Å². The van der Waals surface area contributed by atoms with Gasteiger partial charge in [-0.25, -0.2) is 0 Å². The second-order valence-electron chi connectivity index (χ2n) is 7.92. The van der Waals surface area contributed by atoms with Gasteiger partial charge in [-0.05, 0) is 55.3 Å². The van der Waals surface area contributed by atoms with E-state index in [9.17, 15) is 4.79 Å². The van der Waals surface area contributed by atoms with Crippen LogP contribution in [0.5, 0.6) is 5.88 Å². The lowest BCUT2D eigenvalue weighted by molar-refractivity contribution is -0.128. The molecule has 0 radical (unpaired) electrons. The molecule has 0 saturated carbocycles. The average Bonchev–Trinajstić information content (AvgIpc) is 3.11. The summed E-state index contributed by atoms with van der Waals surface area (Å²) in [6.45, 7) is 4.42. The number of carbonyl (C=O) groups is 1. The van der Waals surface area contributed by atoms with Crippen molar-refractivity contribution in [3.8, 4) is 5.88 Å². The molecule has 1 N–H and O–H groups in total. The van der Waals surface area contributed by atoms with E-state index in [4.69, 9.17) is 14.6 Å². The number of methoxy groups -OCH3 is 1. The Morgan fingerprint density at radius 2 is 1.84 bits per heavy atom. The van der Waals surface area contributed by atoms with E-state index in [1.54, 1.807) is 57.9 Å². The van der Waals surface area contributed by atoms with E-state index in [0.717, 1.165) is 22.0 Å². The van der Waals surface area contributed by atoms with Gasteiger partial charge in [-0.2, -0.15) is 0 Å². The summed E-state index contributed by atoms with van der Waals surface area (Å²) in [7, 11) is 1.65. The predicted octanol–water partition coefficient (Wildman–Crippen LogP) is 3.82. The fourth-order valence-electron chi connectivity index (χ4n) is 3.32. The summed E-state index contributed by atoms with van der Waals surface area (Å²) in [6, 6.07) is 13.4. The number of carbonyl (C=O) groups excluding carboxylic acids is 1. The normalized spacial score (nSPS) is 11.5. The van der Waals surface area contributed by atoms with Crippen LogP contribution in [-0.4, -0.2) is 38.4 Å². The smallest absolute Gasteiger partial charge is 0.268 e. The maximum absolute atomic E-state index is 12.9. The standard InChI is InChI=1S/C24H25N5O3/c1-24(2,23(30)27-19-7-5-11-26-14-19)32-22-20-12-17(16-31-3)8-9-21(20)29(28-22)15-18-6-4-10-25-13-18/h4-14H,15-16H2,1-3H3,(H,27,30). The molecule has 8 heteroatoms. The third-order valence-corrected chi connectivity index (χ3v) is 4.97. The number of ether oxygens (including phenoxy) is 2. The Morgan fingerprint density at radius 3 is 2.53 bits per heavy atom. The van der Waals surface area contributed by atoms with Crippen LogP contribution in [0.2, 0.25) is 0 Å². The molecular weight excluding hydrogens is 406 g/mol. The third kappa shape index (κ3) is 4.76. The molecule has 0 spiro atoms. The molecule has 8 nitrogen and oxygen atoms in total. The second-order valence-corrected chi connectivity index (χ2v) is 7.92. The number of hydrogen-bond donors (Lipinski definition) is 1. The molecule has 0 unspecified atom stereocenters. The average molecular weight is 431 g/mol. The minimum Gasteiger partial charge on any atom is -0.460 e. The Bertz CT molecular complexity index is 1210. The zero-order valence-corrected chi connectivity index (χ0v) is 18.3. The molecule has 1 aromatic carbocycles. The van der Waals surface area contributed by atoms with E-state index >= 15 is 0 Å². The molecule has 164 valence electrons. The van der Waals surface area contributed by atoms with Crippen LogP contribution in [0.25, 0.3) is 10.9 Å². The van der Waals surface area contributed by atoms with Crippen LogP contribution >= 0.6 is 0 Å². The van der Waals surface area contributed by atoms with Crippen molar-refractivity contribution in [3.05, 3.63) is 78.4 Å². The van der Waals surface area contributed by atoms with Crippen molar-refractivity contribution in [2.45, 2.75) is 32.6 Å². The summed E-state index contributed by atoms with van der Waals surface area (Å²) in [6.07, 6.45) is 6.78. The monoisotopic (exact) mass is 431 g/mol. The van der Waals surface area contributed by atoms with E-state index < -0.39 is 5.60 Å². The largest absolute Gasteiger partial charge is 0.460 e. The lowest BCUT2D eigenvalue weighted by Crippen LogP contribution is -2.42. The highest BCUT2D eigenvalue weighted by molar-refractivity contribution is 5.97. The number of amides is 1. The minimum atomic E-state index is -1.17. The van der Waals surface area contributed by atoms with Crippen LogP contribution in [-0.2, 0) is 22.7 Å². The summed E-state index contributed by atoms with van der Waals surface area (Å²) in [5.41, 5.74) is 2.32. The molecule has 0 atom stereocenters. The molecule has 0 bridgehead atoms. The molecule has 4 rings (SSSR count). The van der Waals surface area contributed by atoms with Crippen LogP contribution in [0.4, 0.5) is 5.69 Å². The van der Waals surface area contributed by atoms with Gasteiger partial charge in [0.2, 0.25) is 5.88 Å². The molecule has 4 aromatic rings. The zero-order chi connectivity index (χ0) is 22.6. The van der Waals surface area contributed by atoms with Gasteiger partial charge >= 0.3 is 0 Å². The maximum Gasteiger partial charge on any atom is 0.268 e. The molecule has 0 aliphatic heterocycles. The summed E-state index contributed by atoms with van der Waals surface area (Å²) < 4.78 is 13.3. The van der Waals surface area contributed by atoms with Crippen LogP contribution in [0, 0.1) is 0 Å². The first-order valence-electron chi connectivity index (χ1n) is 10.2. The quantitative estimate of drug-likeness (QED) is 0.456. The lowest BCUT2D eigenvalue weighted by atomic mass is 10.1. The van der Waals surface area contributed by atoms with Crippen molar-refractivity contribution in [2.75, 3.05) is 12.4 Å². The first-order chi connectivity index (χ1) is 15.5. The van der Waals surface area contributed by atoms with Crippen molar-refractivity contribution >= 4 is 22.5 Å². The Kier molecular flexibility index (Phi) is 6.13. The SMILES string of the molecule is COCc1ccc2c(c1)c(OC(C)(C)C(=O)Nc1cccnc1)nn2Cc1cccnc1. The van der Waals surface area contributed by atoms with Crippen molar-refractivity contribution in [3.63, 3.8) is 0 Å². The van der Waals surface area contributed by atoms with Crippen LogP contribution in [0.1, 0.15) is 25.0 Å². The van der Waals surface area contributed by atoms with E-state index in [-0.39, 0.29) is 5.91 Å². The van der Waals surface area contributed by atoms with Crippen molar-refractivity contribution in [1.29, 1.82) is 0 Å². The minimum absolute atomic E-state index is 0.298. The summed E-state index contributed by atoms with van der Waals surface area (Å²) >= 11 is 0. The van der Waals surface area contributed by atoms with Crippen molar-refractivity contribution in [1.82, 2.24) is 19.7 Å². The highest BCUT2D eigenvalue weighted by Gasteiger charge is 2.32. The van der Waals surface area contributed by atoms with E-state index in [1.165, 1.54) is 0 Å². The van der Waals surface area contributed by atoms with Crippen molar-refractivity contribution < 1.29 is 14.3 Å². The van der Waals surface area contributed by atoms with Gasteiger partial charge in [0.1, 0.15) is 0 Å². The van der Waals surface area contributed by atoms with E-state index in [1.807, 2.05) is 35.0 Å². The molecule has 3 aromatic heterocycles. The number of pyridine rings is 2. The molecule has 0 fully saturated rings. The number of anilines is 1. The second kappa shape index (κ2) is 9.15. The molecule has 0 aliphatic rings. The summed E-state index contributed by atoms with van der Waals surface area (Å²) in [4.78, 5) is 21.1. The number of fused-ring (bicyclic) bond motifs is 1. The molecule has 3 heterocycles. The molecule has 1 amide bonds. The van der Waals surface area contributed by atoms with Crippen LogP contribution in [0.15, 0.2) is 67.3 Å². The van der Waals surface area contributed by atoms with Crippen LogP contribution in [0.3, 0.4) is 0 Å². The number of nitrogens with zero attached hydrogens (tertiary/aromatic N) is 4. The molecule has 32 heavy (non-hydrogen) atoms.